The lowest BCUT2D eigenvalue weighted by molar-refractivity contribution is -0.137. The van der Waals surface area contributed by atoms with Crippen LogP contribution in [0.15, 0.2) is 94.5 Å². The van der Waals surface area contributed by atoms with Crippen molar-refractivity contribution in [2.45, 2.75) is 30.1 Å². The van der Waals surface area contributed by atoms with Crippen LogP contribution >= 0.6 is 0 Å². The molecule has 0 aliphatic carbocycles. The molecule has 188 valence electrons. The summed E-state index contributed by atoms with van der Waals surface area (Å²) in [6.07, 6.45) is -2.14. The van der Waals surface area contributed by atoms with Gasteiger partial charge >= 0.3 is 6.18 Å². The minimum Gasteiger partial charge on any atom is -0.373 e. The van der Waals surface area contributed by atoms with Crippen molar-refractivity contribution in [2.24, 2.45) is 16.6 Å². The maximum Gasteiger partial charge on any atom is 0.417 e. The molecule has 5 nitrogen and oxygen atoms in total. The first-order chi connectivity index (χ1) is 16.9. The molecule has 0 saturated carbocycles. The molecule has 1 aliphatic rings. The summed E-state index contributed by atoms with van der Waals surface area (Å²) in [6, 6.07) is 19.5. The summed E-state index contributed by atoms with van der Waals surface area (Å²) in [6.45, 7) is 0. The fourth-order valence-electron chi connectivity index (χ4n) is 4.24. The second kappa shape index (κ2) is 10.0. The molecule has 0 saturated heterocycles. The molecule has 3 N–H and O–H groups in total. The lowest BCUT2D eigenvalue weighted by Gasteiger charge is -2.17. The van der Waals surface area contributed by atoms with Crippen molar-refractivity contribution < 1.29 is 26.7 Å². The molecule has 1 heterocycles. The van der Waals surface area contributed by atoms with Crippen LogP contribution in [0.3, 0.4) is 0 Å². The predicted octanol–water partition coefficient (Wildman–Crippen LogP) is 4.99. The standard InChI is InChI=1S/C27H25F3N2O3S/c1-36(34,35)21-6-4-5-19(15-21)18-12-9-17(10-13-18)11-14-20-16-24(26(31)33)32-25(20)22-7-2-3-8-23(22)27(28,29)30/h2-10,12-13,15-16,20,26,33H,11,14,31H2,1H3. The second-order valence-electron chi connectivity index (χ2n) is 8.72. The van der Waals surface area contributed by atoms with Gasteiger partial charge in [-0.1, -0.05) is 54.6 Å². The van der Waals surface area contributed by atoms with Gasteiger partial charge in [0.05, 0.1) is 21.9 Å². The Bertz CT molecular complexity index is 1430. The van der Waals surface area contributed by atoms with Crippen molar-refractivity contribution >= 4 is 15.5 Å². The number of rotatable bonds is 7. The zero-order valence-electron chi connectivity index (χ0n) is 19.4. The Morgan fingerprint density at radius 3 is 2.33 bits per heavy atom. The van der Waals surface area contributed by atoms with Gasteiger partial charge in [-0.15, -0.1) is 0 Å². The largest absolute Gasteiger partial charge is 0.417 e. The summed E-state index contributed by atoms with van der Waals surface area (Å²) in [7, 11) is -3.32. The Hall–Kier alpha value is -3.27. The van der Waals surface area contributed by atoms with Crippen molar-refractivity contribution in [1.29, 1.82) is 0 Å². The maximum absolute atomic E-state index is 13.6. The molecule has 0 bridgehead atoms. The minimum atomic E-state index is -4.54. The van der Waals surface area contributed by atoms with Gasteiger partial charge in [0, 0.05) is 17.7 Å². The molecule has 0 radical (unpaired) electrons. The predicted molar refractivity (Wildman–Crippen MR) is 133 cm³/mol. The van der Waals surface area contributed by atoms with E-state index in [4.69, 9.17) is 5.73 Å². The number of benzene rings is 3. The average molecular weight is 515 g/mol. The number of nitrogens with zero attached hydrogens (tertiary/aromatic N) is 1. The third-order valence-corrected chi connectivity index (χ3v) is 7.19. The second-order valence-corrected chi connectivity index (χ2v) is 10.7. The number of aliphatic hydroxyl groups is 1. The quantitative estimate of drug-likeness (QED) is 0.435. The Labute approximate surface area is 207 Å². The topological polar surface area (TPSA) is 92.8 Å². The fraction of sp³-hybridized carbons (Fsp3) is 0.222. The Morgan fingerprint density at radius 2 is 1.69 bits per heavy atom. The van der Waals surface area contributed by atoms with Gasteiger partial charge in [0.25, 0.3) is 0 Å². The Morgan fingerprint density at radius 1 is 1.00 bits per heavy atom. The first kappa shape index (κ1) is 25.8. The molecule has 0 aromatic heterocycles. The van der Waals surface area contributed by atoms with Gasteiger partial charge in [-0.2, -0.15) is 13.2 Å². The maximum atomic E-state index is 13.6. The number of aryl methyl sites for hydroxylation is 1. The fourth-order valence-corrected chi connectivity index (χ4v) is 4.90. The van der Waals surface area contributed by atoms with Crippen LogP contribution in [-0.2, 0) is 22.4 Å². The van der Waals surface area contributed by atoms with E-state index in [9.17, 15) is 26.7 Å². The van der Waals surface area contributed by atoms with Crippen LogP contribution in [0, 0.1) is 5.92 Å². The highest BCUT2D eigenvalue weighted by atomic mass is 32.2. The van der Waals surface area contributed by atoms with E-state index in [0.29, 0.717) is 12.8 Å². The zero-order valence-corrected chi connectivity index (χ0v) is 20.2. The van der Waals surface area contributed by atoms with Crippen LogP contribution in [-0.4, -0.2) is 31.7 Å². The first-order valence-electron chi connectivity index (χ1n) is 11.2. The van der Waals surface area contributed by atoms with E-state index in [1.807, 2.05) is 30.3 Å². The lowest BCUT2D eigenvalue weighted by Crippen LogP contribution is -2.20. The molecule has 3 aromatic rings. The van der Waals surface area contributed by atoms with Crippen LogP contribution in [0.25, 0.3) is 11.1 Å². The number of halogens is 3. The number of alkyl halides is 3. The summed E-state index contributed by atoms with van der Waals surface area (Å²) in [4.78, 5) is 4.50. The SMILES string of the molecule is CS(=O)(=O)c1cccc(-c2ccc(CCC3C=C(C(N)O)N=C3c3ccccc3C(F)(F)F)cc2)c1. The van der Waals surface area contributed by atoms with E-state index >= 15 is 0 Å². The normalized spacial score (nSPS) is 17.0. The van der Waals surface area contributed by atoms with Gasteiger partial charge < -0.3 is 10.8 Å². The van der Waals surface area contributed by atoms with Crippen molar-refractivity contribution in [3.63, 3.8) is 0 Å². The van der Waals surface area contributed by atoms with Crippen LogP contribution in [0.4, 0.5) is 13.2 Å². The summed E-state index contributed by atoms with van der Waals surface area (Å²) < 4.78 is 64.6. The van der Waals surface area contributed by atoms with E-state index in [1.165, 1.54) is 18.2 Å². The van der Waals surface area contributed by atoms with Gasteiger partial charge in [0.1, 0.15) is 6.23 Å². The molecule has 0 amide bonds. The number of hydrogen-bond acceptors (Lipinski definition) is 5. The van der Waals surface area contributed by atoms with Gasteiger partial charge in [-0.25, -0.2) is 8.42 Å². The number of sulfone groups is 1. The van der Waals surface area contributed by atoms with Gasteiger partial charge in [0.15, 0.2) is 9.84 Å². The monoisotopic (exact) mass is 514 g/mol. The zero-order chi connectivity index (χ0) is 26.1. The molecule has 1 aliphatic heterocycles. The van der Waals surface area contributed by atoms with E-state index < -0.39 is 33.7 Å². The third kappa shape index (κ3) is 5.75. The molecule has 0 fully saturated rings. The minimum absolute atomic E-state index is 0.0250. The number of nitrogens with two attached hydrogens (primary N) is 1. The van der Waals surface area contributed by atoms with E-state index in [2.05, 4.69) is 4.99 Å². The summed E-state index contributed by atoms with van der Waals surface area (Å²) in [5, 5.41) is 9.80. The Kier molecular flexibility index (Phi) is 7.17. The highest BCUT2D eigenvalue weighted by molar-refractivity contribution is 7.90. The highest BCUT2D eigenvalue weighted by Gasteiger charge is 2.36. The van der Waals surface area contributed by atoms with Crippen molar-refractivity contribution in [3.8, 4) is 11.1 Å². The molecule has 2 atom stereocenters. The molecular weight excluding hydrogens is 489 g/mol. The van der Waals surface area contributed by atoms with E-state index in [1.54, 1.807) is 24.3 Å². The van der Waals surface area contributed by atoms with Crippen molar-refractivity contribution in [3.05, 3.63) is 101 Å². The van der Waals surface area contributed by atoms with Crippen LogP contribution in [0.2, 0.25) is 0 Å². The number of hydrogen-bond donors (Lipinski definition) is 2. The molecule has 0 spiro atoms. The Balaban J connectivity index is 1.55. The molecule has 3 aromatic carbocycles. The highest BCUT2D eigenvalue weighted by Crippen LogP contribution is 2.36. The van der Waals surface area contributed by atoms with Gasteiger partial charge in [-0.3, -0.25) is 4.99 Å². The van der Waals surface area contributed by atoms with E-state index in [-0.39, 0.29) is 21.9 Å². The molecule has 9 heteroatoms. The van der Waals surface area contributed by atoms with Crippen LogP contribution in [0.1, 0.15) is 23.1 Å². The van der Waals surface area contributed by atoms with Crippen molar-refractivity contribution in [1.82, 2.24) is 0 Å². The third-order valence-electron chi connectivity index (χ3n) is 6.08. The molecule has 36 heavy (non-hydrogen) atoms. The summed E-state index contributed by atoms with van der Waals surface area (Å²) in [5.41, 5.74) is 7.70. The van der Waals surface area contributed by atoms with Crippen LogP contribution in [0.5, 0.6) is 0 Å². The number of aliphatic imine (C=N–C) groups is 1. The van der Waals surface area contributed by atoms with Gasteiger partial charge in [-0.05, 0) is 53.8 Å². The van der Waals surface area contributed by atoms with Crippen LogP contribution < -0.4 is 5.73 Å². The number of aliphatic hydroxyl groups excluding tert-OH is 1. The molecular formula is C27H25F3N2O3S. The number of allylic oxidation sites excluding steroid dienone is 1. The molecule has 4 rings (SSSR count). The van der Waals surface area contributed by atoms with Crippen molar-refractivity contribution in [2.75, 3.05) is 6.26 Å². The average Bonchev–Trinajstić information content (AvgIpc) is 3.27. The van der Waals surface area contributed by atoms with Gasteiger partial charge in [0.2, 0.25) is 0 Å². The summed E-state index contributed by atoms with van der Waals surface area (Å²) >= 11 is 0. The lowest BCUT2D eigenvalue weighted by atomic mass is 9.89. The van der Waals surface area contributed by atoms with E-state index in [0.717, 1.165) is 29.0 Å². The summed E-state index contributed by atoms with van der Waals surface area (Å²) in [5.74, 6) is -0.451. The smallest absolute Gasteiger partial charge is 0.373 e. The first-order valence-corrected chi connectivity index (χ1v) is 13.1. The molecule has 2 unspecified atom stereocenters.